The van der Waals surface area contributed by atoms with Gasteiger partial charge >= 0.3 is 0 Å². The van der Waals surface area contributed by atoms with Gasteiger partial charge in [0.05, 0.1) is 11.4 Å². The van der Waals surface area contributed by atoms with Crippen LogP contribution in [0.2, 0.25) is 0 Å². The van der Waals surface area contributed by atoms with E-state index in [1.807, 2.05) is 36.5 Å². The van der Waals surface area contributed by atoms with Crippen molar-refractivity contribution in [2.24, 2.45) is 0 Å². The summed E-state index contributed by atoms with van der Waals surface area (Å²) in [6.07, 6.45) is 3.57. The van der Waals surface area contributed by atoms with Gasteiger partial charge in [0.15, 0.2) is 0 Å². The average molecular weight is 406 g/mol. The molecule has 0 atom stereocenters. The number of likely N-dealkylation sites (tertiary alicyclic amines) is 1. The minimum Gasteiger partial charge on any atom is -0.352 e. The van der Waals surface area contributed by atoms with Gasteiger partial charge < -0.3 is 10.2 Å². The van der Waals surface area contributed by atoms with Gasteiger partial charge in [-0.3, -0.25) is 9.59 Å². The summed E-state index contributed by atoms with van der Waals surface area (Å²) in [7, 11) is 0. The molecule has 0 saturated carbocycles. The highest BCUT2D eigenvalue weighted by atomic mass is 19.1. The van der Waals surface area contributed by atoms with Crippen molar-refractivity contribution in [1.29, 1.82) is 0 Å². The maximum Gasteiger partial charge on any atom is 0.222 e. The lowest BCUT2D eigenvalue weighted by Gasteiger charge is -2.14. The molecule has 0 bridgehead atoms. The Labute approximate surface area is 174 Å². The molecule has 7 heteroatoms. The second-order valence-electron chi connectivity index (χ2n) is 7.30. The fraction of sp³-hybridized carbons (Fsp3) is 0.261. The molecule has 2 heterocycles. The number of nitrogens with zero attached hydrogens (tertiary/aromatic N) is 3. The molecule has 154 valence electrons. The molecule has 1 aliphatic heterocycles. The first-order valence-corrected chi connectivity index (χ1v) is 10.0. The first kappa shape index (κ1) is 19.8. The summed E-state index contributed by atoms with van der Waals surface area (Å²) in [6.45, 7) is 1.47. The second kappa shape index (κ2) is 8.90. The number of amides is 2. The van der Waals surface area contributed by atoms with E-state index in [-0.39, 0.29) is 24.1 Å². The lowest BCUT2D eigenvalue weighted by atomic mass is 10.1. The highest BCUT2D eigenvalue weighted by Gasteiger charge is 2.20. The molecule has 1 aliphatic rings. The first-order chi connectivity index (χ1) is 14.6. The smallest absolute Gasteiger partial charge is 0.222 e. The van der Waals surface area contributed by atoms with Gasteiger partial charge in [0.2, 0.25) is 11.8 Å². The van der Waals surface area contributed by atoms with Gasteiger partial charge in [0.1, 0.15) is 5.82 Å². The summed E-state index contributed by atoms with van der Waals surface area (Å²) in [5.74, 6) is -0.315. The number of carbonyl (C=O) groups excluding carboxylic acids is 2. The molecule has 3 aromatic rings. The number of hydrogen-bond acceptors (Lipinski definition) is 3. The number of para-hydroxylation sites is 1. The van der Waals surface area contributed by atoms with E-state index in [0.29, 0.717) is 25.2 Å². The third kappa shape index (κ3) is 4.56. The number of nitrogens with one attached hydrogen (secondary N) is 1. The third-order valence-corrected chi connectivity index (χ3v) is 5.18. The number of carbonyl (C=O) groups is 2. The summed E-state index contributed by atoms with van der Waals surface area (Å²) in [5.41, 5.74) is 3.19. The van der Waals surface area contributed by atoms with E-state index in [9.17, 15) is 14.0 Å². The van der Waals surface area contributed by atoms with Crippen LogP contribution in [0.25, 0.3) is 16.9 Å². The third-order valence-electron chi connectivity index (χ3n) is 5.18. The molecule has 2 amide bonds. The van der Waals surface area contributed by atoms with E-state index >= 15 is 0 Å². The number of halogens is 1. The molecule has 0 spiro atoms. The van der Waals surface area contributed by atoms with Gasteiger partial charge in [-0.05, 0) is 42.8 Å². The van der Waals surface area contributed by atoms with Crippen molar-refractivity contribution >= 4 is 11.8 Å². The van der Waals surface area contributed by atoms with Crippen LogP contribution in [0.15, 0.2) is 60.8 Å². The number of aromatic nitrogens is 2. The molecule has 1 aromatic heterocycles. The normalized spacial score (nSPS) is 13.6. The van der Waals surface area contributed by atoms with Crippen LogP contribution in [-0.4, -0.2) is 39.6 Å². The van der Waals surface area contributed by atoms with Crippen LogP contribution in [0.3, 0.4) is 0 Å². The van der Waals surface area contributed by atoms with Crippen LogP contribution in [0.4, 0.5) is 4.39 Å². The fourth-order valence-electron chi connectivity index (χ4n) is 3.56. The molecule has 0 unspecified atom stereocenters. The van der Waals surface area contributed by atoms with Crippen molar-refractivity contribution in [3.05, 3.63) is 72.2 Å². The minimum absolute atomic E-state index is 0.116. The summed E-state index contributed by atoms with van der Waals surface area (Å²) < 4.78 is 15.1. The molecular weight excluding hydrogens is 383 g/mol. The van der Waals surface area contributed by atoms with Crippen molar-refractivity contribution < 1.29 is 14.0 Å². The van der Waals surface area contributed by atoms with Gasteiger partial charge in [0.25, 0.3) is 0 Å². The Kier molecular flexibility index (Phi) is 5.88. The number of rotatable bonds is 7. The quantitative estimate of drug-likeness (QED) is 0.655. The molecule has 2 aromatic carbocycles. The Morgan fingerprint density at radius 3 is 2.57 bits per heavy atom. The summed E-state index contributed by atoms with van der Waals surface area (Å²) in [6, 6.07) is 15.8. The van der Waals surface area contributed by atoms with Crippen LogP contribution in [0, 0.1) is 5.82 Å². The Morgan fingerprint density at radius 2 is 1.87 bits per heavy atom. The Hall–Kier alpha value is -3.48. The van der Waals surface area contributed by atoms with E-state index in [4.69, 9.17) is 0 Å². The Bertz CT molecular complexity index is 1030. The van der Waals surface area contributed by atoms with Gasteiger partial charge in [-0.2, -0.15) is 5.10 Å². The SMILES string of the molecule is O=C(CCN1CCCC1=O)NCc1cn(-c2ccccc2)nc1-c1ccc(F)cc1. The van der Waals surface area contributed by atoms with Gasteiger partial charge in [-0.1, -0.05) is 18.2 Å². The summed E-state index contributed by atoms with van der Waals surface area (Å²) in [4.78, 5) is 25.7. The number of hydrogen-bond donors (Lipinski definition) is 1. The van der Waals surface area contributed by atoms with Crippen molar-refractivity contribution in [2.75, 3.05) is 13.1 Å². The minimum atomic E-state index is -0.312. The van der Waals surface area contributed by atoms with E-state index in [1.165, 1.54) is 12.1 Å². The second-order valence-corrected chi connectivity index (χ2v) is 7.30. The van der Waals surface area contributed by atoms with E-state index < -0.39 is 0 Å². The van der Waals surface area contributed by atoms with E-state index in [0.717, 1.165) is 29.8 Å². The van der Waals surface area contributed by atoms with Crippen LogP contribution in [0.1, 0.15) is 24.8 Å². The van der Waals surface area contributed by atoms with Crippen molar-refractivity contribution in [3.8, 4) is 16.9 Å². The fourth-order valence-corrected chi connectivity index (χ4v) is 3.56. The van der Waals surface area contributed by atoms with Crippen molar-refractivity contribution in [2.45, 2.75) is 25.8 Å². The monoisotopic (exact) mass is 406 g/mol. The predicted molar refractivity (Wildman–Crippen MR) is 111 cm³/mol. The van der Waals surface area contributed by atoms with E-state index in [1.54, 1.807) is 21.7 Å². The molecule has 4 rings (SSSR count). The van der Waals surface area contributed by atoms with Crippen molar-refractivity contribution in [3.63, 3.8) is 0 Å². The topological polar surface area (TPSA) is 67.2 Å². The maximum atomic E-state index is 13.4. The van der Waals surface area contributed by atoms with Gasteiger partial charge in [-0.15, -0.1) is 0 Å². The number of benzene rings is 2. The Balaban J connectivity index is 1.49. The molecule has 1 saturated heterocycles. The molecule has 0 radical (unpaired) electrons. The molecule has 30 heavy (non-hydrogen) atoms. The zero-order chi connectivity index (χ0) is 20.9. The molecule has 6 nitrogen and oxygen atoms in total. The zero-order valence-electron chi connectivity index (χ0n) is 16.6. The first-order valence-electron chi connectivity index (χ1n) is 10.0. The standard InChI is InChI=1S/C23H23FN4O2/c24-19-10-8-17(9-11-19)23-18(16-28(26-23)20-5-2-1-3-6-20)15-25-21(29)12-14-27-13-4-7-22(27)30/h1-3,5-6,8-11,16H,4,7,12-15H2,(H,25,29). The lowest BCUT2D eigenvalue weighted by Crippen LogP contribution is -2.31. The molecular formula is C23H23FN4O2. The highest BCUT2D eigenvalue weighted by Crippen LogP contribution is 2.24. The van der Waals surface area contributed by atoms with Crippen LogP contribution < -0.4 is 5.32 Å². The van der Waals surface area contributed by atoms with Crippen LogP contribution >= 0.6 is 0 Å². The summed E-state index contributed by atoms with van der Waals surface area (Å²) >= 11 is 0. The van der Waals surface area contributed by atoms with Crippen LogP contribution in [0.5, 0.6) is 0 Å². The summed E-state index contributed by atoms with van der Waals surface area (Å²) in [5, 5.41) is 7.59. The van der Waals surface area contributed by atoms with Crippen molar-refractivity contribution in [1.82, 2.24) is 20.0 Å². The van der Waals surface area contributed by atoms with Gasteiger partial charge in [-0.25, -0.2) is 9.07 Å². The molecule has 1 N–H and O–H groups in total. The molecule has 1 fully saturated rings. The lowest BCUT2D eigenvalue weighted by molar-refractivity contribution is -0.128. The molecule has 0 aliphatic carbocycles. The average Bonchev–Trinajstić information content (AvgIpc) is 3.38. The maximum absolute atomic E-state index is 13.4. The van der Waals surface area contributed by atoms with Gasteiger partial charge in [0, 0.05) is 49.8 Å². The predicted octanol–water partition coefficient (Wildman–Crippen LogP) is 3.31. The zero-order valence-corrected chi connectivity index (χ0v) is 16.6. The highest BCUT2D eigenvalue weighted by molar-refractivity contribution is 5.80. The Morgan fingerprint density at radius 1 is 1.10 bits per heavy atom. The van der Waals surface area contributed by atoms with Crippen LogP contribution in [-0.2, 0) is 16.1 Å². The van der Waals surface area contributed by atoms with E-state index in [2.05, 4.69) is 10.4 Å². The largest absolute Gasteiger partial charge is 0.352 e.